The Kier molecular flexibility index (Phi) is 11.8. The van der Waals surface area contributed by atoms with E-state index in [1.165, 1.54) is 12.1 Å². The van der Waals surface area contributed by atoms with Crippen molar-refractivity contribution in [2.24, 2.45) is 11.8 Å². The number of aromatic hydroxyl groups is 1. The van der Waals surface area contributed by atoms with Crippen molar-refractivity contribution >= 4 is 60.4 Å². The molecule has 4 radical (unpaired) electrons. The van der Waals surface area contributed by atoms with Gasteiger partial charge in [0.05, 0.1) is 5.25 Å². The molecule has 3 saturated heterocycles. The van der Waals surface area contributed by atoms with Crippen molar-refractivity contribution in [3.8, 4) is 5.75 Å². The number of phenols is 1. The van der Waals surface area contributed by atoms with Gasteiger partial charge >= 0.3 is 12.1 Å². The van der Waals surface area contributed by atoms with Crippen molar-refractivity contribution in [3.05, 3.63) is 47.5 Å². The largest absolute Gasteiger partial charge is 0.509 e. The third-order valence-electron chi connectivity index (χ3n) is 11.4. The number of piperidine rings is 3. The molecule has 0 aromatic heterocycles. The number of sulfonamides is 1. The molecule has 4 aliphatic heterocycles. The van der Waals surface area contributed by atoms with Crippen molar-refractivity contribution in [3.63, 3.8) is 0 Å². The number of para-hydroxylation sites is 1. The van der Waals surface area contributed by atoms with Crippen LogP contribution in [0.3, 0.4) is 0 Å². The monoisotopic (exact) mass is 729 g/mol. The summed E-state index contributed by atoms with van der Waals surface area (Å²) in [4.78, 5) is 46.0. The molecule has 6 rings (SSSR count). The average Bonchev–Trinajstić information content (AvgIpc) is 3.31. The van der Waals surface area contributed by atoms with Crippen LogP contribution >= 0.6 is 0 Å². The second-order valence-electron chi connectivity index (χ2n) is 14.9. The molecule has 2 aromatic rings. The van der Waals surface area contributed by atoms with E-state index in [9.17, 15) is 27.9 Å². The summed E-state index contributed by atoms with van der Waals surface area (Å²) in [6, 6.07) is 10.7. The fourth-order valence-electron chi connectivity index (χ4n) is 8.24. The second kappa shape index (κ2) is 16.1. The number of hydrogen-bond donors (Lipinski definition) is 2. The number of anilines is 1. The molecule has 1 atom stereocenters. The maximum Gasteiger partial charge on any atom is 0.410 e. The van der Waals surface area contributed by atoms with Crippen LogP contribution in [0.4, 0.5) is 15.3 Å². The second-order valence-corrected chi connectivity index (χ2v) is 17.4. The number of ether oxygens (including phenoxy) is 1. The Labute approximate surface area is 310 Å². The van der Waals surface area contributed by atoms with Gasteiger partial charge in [-0.3, -0.25) is 4.79 Å². The van der Waals surface area contributed by atoms with Gasteiger partial charge < -0.3 is 29.9 Å². The third-order valence-corrected chi connectivity index (χ3v) is 13.7. The molecule has 4 amide bonds. The first-order valence-electron chi connectivity index (χ1n) is 18.6. The first-order valence-corrected chi connectivity index (χ1v) is 20.1. The lowest BCUT2D eigenvalue weighted by atomic mass is 9.79. The number of hydrogen-bond acceptors (Lipinski definition) is 7. The van der Waals surface area contributed by atoms with E-state index in [2.05, 4.69) is 5.32 Å². The Bertz CT molecular complexity index is 1710. The molecule has 12 nitrogen and oxygen atoms in total. The van der Waals surface area contributed by atoms with Gasteiger partial charge in [0.25, 0.3) is 5.91 Å². The predicted octanol–water partition coefficient (Wildman–Crippen LogP) is 2.27. The van der Waals surface area contributed by atoms with Crippen LogP contribution in [-0.2, 0) is 32.4 Å². The van der Waals surface area contributed by atoms with Crippen LogP contribution in [0, 0.1) is 11.8 Å². The molecule has 15 heteroatoms. The number of nitrogens with zero attached hydrogens (tertiary/aromatic N) is 4. The number of fused-ring (bicyclic) bond motifs is 1. The van der Waals surface area contributed by atoms with Crippen LogP contribution in [0.2, 0.25) is 0 Å². The SMILES string of the molecule is [B]c1cc(C[C@@H](OC(=O)N2CCC(N3CCc4ccccc4NC3=O)CC2)C(=O)N2CCC(C3CCN(S(=O)(=O)C(C)C)CC3)CC2)cc([B])c1O. The van der Waals surface area contributed by atoms with Crippen LogP contribution in [-0.4, -0.2) is 129 Å². The normalized spacial score (nSPS) is 20.7. The smallest absolute Gasteiger partial charge is 0.410 e. The van der Waals surface area contributed by atoms with E-state index < -0.39 is 27.5 Å². The van der Waals surface area contributed by atoms with Crippen LogP contribution in [0.15, 0.2) is 36.4 Å². The van der Waals surface area contributed by atoms with Gasteiger partial charge in [-0.05, 0) is 87.8 Å². The van der Waals surface area contributed by atoms with Crippen LogP contribution < -0.4 is 16.2 Å². The van der Waals surface area contributed by atoms with E-state index in [-0.39, 0.29) is 41.1 Å². The molecule has 4 heterocycles. The lowest BCUT2D eigenvalue weighted by molar-refractivity contribution is -0.142. The van der Waals surface area contributed by atoms with E-state index in [0.29, 0.717) is 76.1 Å². The van der Waals surface area contributed by atoms with Crippen molar-refractivity contribution in [1.82, 2.24) is 19.0 Å². The number of phenolic OH excluding ortho intramolecular Hbond substituents is 1. The zero-order chi connectivity index (χ0) is 37.2. The van der Waals surface area contributed by atoms with Crippen molar-refractivity contribution < 1.29 is 32.6 Å². The predicted molar refractivity (Wildman–Crippen MR) is 201 cm³/mol. The highest BCUT2D eigenvalue weighted by molar-refractivity contribution is 7.89. The van der Waals surface area contributed by atoms with Crippen molar-refractivity contribution in [1.29, 1.82) is 0 Å². The highest BCUT2D eigenvalue weighted by Gasteiger charge is 2.38. The Morgan fingerprint density at radius 2 is 1.46 bits per heavy atom. The Hall–Kier alpha value is -3.71. The molecular formula is C37H49B2N5O7S. The van der Waals surface area contributed by atoms with Gasteiger partial charge in [0.15, 0.2) is 6.10 Å². The van der Waals surface area contributed by atoms with E-state index in [4.69, 9.17) is 20.4 Å². The molecule has 0 bridgehead atoms. The Morgan fingerprint density at radius 1 is 0.885 bits per heavy atom. The highest BCUT2D eigenvalue weighted by Crippen LogP contribution is 2.34. The summed E-state index contributed by atoms with van der Waals surface area (Å²) in [5, 5.41) is 12.7. The maximum absolute atomic E-state index is 14.1. The molecule has 276 valence electrons. The van der Waals surface area contributed by atoms with E-state index in [1.807, 2.05) is 29.2 Å². The van der Waals surface area contributed by atoms with Gasteiger partial charge in [-0.2, -0.15) is 0 Å². The summed E-state index contributed by atoms with van der Waals surface area (Å²) in [5.41, 5.74) is 2.63. The molecule has 2 aromatic carbocycles. The average molecular weight is 730 g/mol. The topological polar surface area (TPSA) is 140 Å². The fraction of sp³-hybridized carbons (Fsp3) is 0.595. The fourth-order valence-corrected chi connectivity index (χ4v) is 9.56. The van der Waals surface area contributed by atoms with E-state index >= 15 is 0 Å². The van der Waals surface area contributed by atoms with E-state index in [0.717, 1.165) is 43.4 Å². The van der Waals surface area contributed by atoms with Gasteiger partial charge in [-0.1, -0.05) is 41.3 Å². The number of benzene rings is 2. The summed E-state index contributed by atoms with van der Waals surface area (Å²) in [6.07, 6.45) is 3.40. The number of carbonyl (C=O) groups excluding carboxylic acids is 3. The first kappa shape index (κ1) is 38.0. The third kappa shape index (κ3) is 8.40. The Morgan fingerprint density at radius 3 is 2.08 bits per heavy atom. The first-order chi connectivity index (χ1) is 24.8. The molecule has 4 aliphatic rings. The van der Waals surface area contributed by atoms with Gasteiger partial charge in [0.1, 0.15) is 21.4 Å². The number of nitrogens with one attached hydrogen (secondary N) is 1. The molecule has 52 heavy (non-hydrogen) atoms. The molecule has 0 saturated carbocycles. The lowest BCUT2D eigenvalue weighted by Crippen LogP contribution is -2.52. The minimum atomic E-state index is -3.27. The maximum atomic E-state index is 14.1. The number of urea groups is 1. The van der Waals surface area contributed by atoms with E-state index in [1.54, 1.807) is 28.0 Å². The minimum Gasteiger partial charge on any atom is -0.509 e. The van der Waals surface area contributed by atoms with Gasteiger partial charge in [-0.15, -0.1) is 0 Å². The summed E-state index contributed by atoms with van der Waals surface area (Å²) < 4.78 is 32.9. The molecule has 0 aliphatic carbocycles. The molecular weight excluding hydrogens is 680 g/mol. The number of amides is 4. The van der Waals surface area contributed by atoms with Gasteiger partial charge in [0.2, 0.25) is 10.0 Å². The van der Waals surface area contributed by atoms with Crippen LogP contribution in [0.5, 0.6) is 5.75 Å². The lowest BCUT2D eigenvalue weighted by Gasteiger charge is -2.41. The molecule has 3 fully saturated rings. The summed E-state index contributed by atoms with van der Waals surface area (Å²) >= 11 is 0. The number of carbonyl (C=O) groups is 3. The number of likely N-dealkylation sites (tertiary alicyclic amines) is 2. The van der Waals surface area contributed by atoms with Crippen molar-refractivity contribution in [2.45, 2.75) is 82.6 Å². The quantitative estimate of drug-likeness (QED) is 0.398. The number of rotatable bonds is 8. The Balaban J connectivity index is 1.06. The minimum absolute atomic E-state index is 0.0347. The summed E-state index contributed by atoms with van der Waals surface area (Å²) in [5.74, 6) is 0.243. The zero-order valence-corrected chi connectivity index (χ0v) is 31.0. The highest BCUT2D eigenvalue weighted by atomic mass is 32.2. The van der Waals surface area contributed by atoms with Crippen LogP contribution in [0.1, 0.15) is 63.5 Å². The van der Waals surface area contributed by atoms with Crippen LogP contribution in [0.25, 0.3) is 0 Å². The zero-order valence-electron chi connectivity index (χ0n) is 30.2. The molecule has 0 spiro atoms. The van der Waals surface area contributed by atoms with Gasteiger partial charge in [0, 0.05) is 64.0 Å². The summed E-state index contributed by atoms with van der Waals surface area (Å²) in [7, 11) is 8.68. The van der Waals surface area contributed by atoms with Gasteiger partial charge in [-0.25, -0.2) is 22.3 Å². The van der Waals surface area contributed by atoms with Crippen molar-refractivity contribution in [2.75, 3.05) is 51.1 Å². The molecule has 0 unspecified atom stereocenters. The summed E-state index contributed by atoms with van der Waals surface area (Å²) in [6.45, 7) is 6.84. The standard InChI is InChI=1S/C37H49B2N5O7S/c1-24(2)52(49,50)43-18-9-27(10-19-43)26-7-14-41(15-8-26)35(46)33(23-25-21-30(38)34(45)31(39)22-25)51-37(48)42-16-12-29(13-17-42)44-20-11-28-5-3-4-6-32(28)40-36(44)47/h3-6,21-22,24,26-27,29,33,45H,7-20,23H2,1-2H3,(H,40,47)/t33-/m1/s1. The molecule has 2 N–H and O–H groups in total.